The highest BCUT2D eigenvalue weighted by molar-refractivity contribution is 7.20. The molecule has 3 aromatic heterocycles. The lowest BCUT2D eigenvalue weighted by Gasteiger charge is -2.31. The molecular weight excluding hydrogens is 530 g/mol. The number of rotatable bonds is 9. The number of carboxylic acids is 1. The first kappa shape index (κ1) is 28.0. The number of benzene rings is 1. The first-order valence-corrected chi connectivity index (χ1v) is 14.4. The normalized spacial score (nSPS) is 18.6. The SMILES string of the molecule is COc1ccccc1[C@H](Cc1nc(C(C)(C)C(=O)O)c(=O)n2c(C)c(-c3ncco3)sc12)OC1CCC(C)CC1. The summed E-state index contributed by atoms with van der Waals surface area (Å²) in [6.45, 7) is 7.09. The second-order valence-electron chi connectivity index (χ2n) is 11.1. The molecule has 212 valence electrons. The van der Waals surface area contributed by atoms with Crippen molar-refractivity contribution >= 4 is 22.1 Å². The number of carboxylic acid groups (broad SMARTS) is 1. The van der Waals surface area contributed by atoms with E-state index in [1.54, 1.807) is 17.7 Å². The van der Waals surface area contributed by atoms with Gasteiger partial charge in [0.15, 0.2) is 0 Å². The monoisotopic (exact) mass is 565 g/mol. The fourth-order valence-corrected chi connectivity index (χ4v) is 6.53. The number of thiazole rings is 1. The van der Waals surface area contributed by atoms with Gasteiger partial charge in [0.25, 0.3) is 5.56 Å². The lowest BCUT2D eigenvalue weighted by atomic mass is 9.88. The third kappa shape index (κ3) is 5.17. The number of aromatic nitrogens is 3. The smallest absolute Gasteiger partial charge is 0.315 e. The van der Waals surface area contributed by atoms with Gasteiger partial charge in [-0.25, -0.2) is 9.97 Å². The Morgan fingerprint density at radius 2 is 1.98 bits per heavy atom. The Hall–Kier alpha value is -3.50. The third-order valence-corrected chi connectivity index (χ3v) is 9.19. The molecule has 0 spiro atoms. The van der Waals surface area contributed by atoms with Crippen LogP contribution in [0.3, 0.4) is 0 Å². The van der Waals surface area contributed by atoms with E-state index in [2.05, 4.69) is 11.9 Å². The third-order valence-electron chi connectivity index (χ3n) is 7.90. The molecule has 0 radical (unpaired) electrons. The first-order chi connectivity index (χ1) is 19.1. The van der Waals surface area contributed by atoms with Crippen molar-refractivity contribution in [2.24, 2.45) is 5.92 Å². The Morgan fingerprint density at radius 3 is 2.62 bits per heavy atom. The fraction of sp³-hybridized carbons (Fsp3) is 0.467. The van der Waals surface area contributed by atoms with Gasteiger partial charge in [-0.2, -0.15) is 0 Å². The van der Waals surface area contributed by atoms with Crippen molar-refractivity contribution in [1.29, 1.82) is 0 Å². The highest BCUT2D eigenvalue weighted by Crippen LogP contribution is 2.38. The number of carbonyl (C=O) groups is 1. The Morgan fingerprint density at radius 1 is 1.25 bits per heavy atom. The van der Waals surface area contributed by atoms with Crippen LogP contribution in [0.1, 0.15) is 75.2 Å². The molecule has 1 atom stereocenters. The van der Waals surface area contributed by atoms with Crippen molar-refractivity contribution in [2.75, 3.05) is 7.11 Å². The van der Waals surface area contributed by atoms with Crippen LogP contribution < -0.4 is 10.3 Å². The molecule has 40 heavy (non-hydrogen) atoms. The van der Waals surface area contributed by atoms with E-state index in [1.807, 2.05) is 31.2 Å². The number of hydrogen-bond donors (Lipinski definition) is 1. The zero-order chi connectivity index (χ0) is 28.6. The maximum Gasteiger partial charge on any atom is 0.315 e. The quantitative estimate of drug-likeness (QED) is 0.264. The summed E-state index contributed by atoms with van der Waals surface area (Å²) in [4.78, 5) is 36.4. The second-order valence-corrected chi connectivity index (χ2v) is 12.1. The van der Waals surface area contributed by atoms with Crippen molar-refractivity contribution in [3.8, 4) is 16.5 Å². The van der Waals surface area contributed by atoms with Gasteiger partial charge in [0.1, 0.15) is 32.8 Å². The summed E-state index contributed by atoms with van der Waals surface area (Å²) >= 11 is 1.35. The van der Waals surface area contributed by atoms with Crippen molar-refractivity contribution in [3.05, 3.63) is 69.7 Å². The molecule has 1 N–H and O–H groups in total. The molecule has 0 amide bonds. The number of nitrogens with zero attached hydrogens (tertiary/aromatic N) is 3. The van der Waals surface area contributed by atoms with Gasteiger partial charge >= 0.3 is 5.97 Å². The van der Waals surface area contributed by atoms with Crippen LogP contribution >= 0.6 is 11.3 Å². The molecule has 4 aromatic rings. The maximum absolute atomic E-state index is 13.8. The number of aliphatic carboxylic acids is 1. The molecule has 10 heteroatoms. The molecule has 3 heterocycles. The van der Waals surface area contributed by atoms with E-state index >= 15 is 0 Å². The summed E-state index contributed by atoms with van der Waals surface area (Å²) in [5, 5.41) is 10.0. The molecule has 0 bridgehead atoms. The van der Waals surface area contributed by atoms with Crippen LogP contribution in [-0.4, -0.2) is 38.7 Å². The topological polar surface area (TPSA) is 116 Å². The summed E-state index contributed by atoms with van der Waals surface area (Å²) < 4.78 is 19.6. The van der Waals surface area contributed by atoms with Crippen LogP contribution in [0.25, 0.3) is 15.6 Å². The summed E-state index contributed by atoms with van der Waals surface area (Å²) in [5.41, 5.74) is 0.0796. The van der Waals surface area contributed by atoms with Crippen molar-refractivity contribution in [1.82, 2.24) is 14.4 Å². The average molecular weight is 566 g/mol. The van der Waals surface area contributed by atoms with Crippen LogP contribution in [0, 0.1) is 12.8 Å². The van der Waals surface area contributed by atoms with Gasteiger partial charge < -0.3 is 19.0 Å². The van der Waals surface area contributed by atoms with Crippen LogP contribution in [0.2, 0.25) is 0 Å². The Bertz CT molecular complexity index is 1560. The summed E-state index contributed by atoms with van der Waals surface area (Å²) in [6.07, 6.45) is 7.16. The number of aryl methyl sites for hydroxylation is 1. The van der Waals surface area contributed by atoms with E-state index in [4.69, 9.17) is 18.9 Å². The van der Waals surface area contributed by atoms with E-state index in [0.29, 0.717) is 45.1 Å². The van der Waals surface area contributed by atoms with Crippen LogP contribution in [0.4, 0.5) is 0 Å². The molecule has 0 saturated heterocycles. The maximum atomic E-state index is 13.8. The minimum atomic E-state index is -1.51. The Balaban J connectivity index is 1.69. The average Bonchev–Trinajstić information content (AvgIpc) is 3.59. The number of ether oxygens (including phenoxy) is 2. The number of para-hydroxylation sites is 1. The zero-order valence-electron chi connectivity index (χ0n) is 23.5. The largest absolute Gasteiger partial charge is 0.496 e. The van der Waals surface area contributed by atoms with Gasteiger partial charge in [-0.1, -0.05) is 25.1 Å². The van der Waals surface area contributed by atoms with Gasteiger partial charge in [-0.15, -0.1) is 11.3 Å². The highest BCUT2D eigenvalue weighted by atomic mass is 32.1. The van der Waals surface area contributed by atoms with E-state index < -0.39 is 23.0 Å². The van der Waals surface area contributed by atoms with E-state index in [1.165, 1.54) is 31.4 Å². The predicted octanol–water partition coefficient (Wildman–Crippen LogP) is 5.97. The van der Waals surface area contributed by atoms with E-state index in [-0.39, 0.29) is 11.8 Å². The van der Waals surface area contributed by atoms with Crippen LogP contribution in [0.5, 0.6) is 5.75 Å². The molecule has 1 aliphatic carbocycles. The minimum Gasteiger partial charge on any atom is -0.496 e. The molecular formula is C30H35N3O6S. The molecule has 1 saturated carbocycles. The molecule has 5 rings (SSSR count). The number of methoxy groups -OCH3 is 1. The predicted molar refractivity (Wildman–Crippen MR) is 152 cm³/mol. The number of hydrogen-bond acceptors (Lipinski definition) is 8. The lowest BCUT2D eigenvalue weighted by molar-refractivity contribution is -0.142. The number of oxazole rings is 1. The summed E-state index contributed by atoms with van der Waals surface area (Å²) in [5.74, 6) is 0.646. The summed E-state index contributed by atoms with van der Waals surface area (Å²) in [7, 11) is 1.63. The lowest BCUT2D eigenvalue weighted by Crippen LogP contribution is -2.38. The Labute approximate surface area is 236 Å². The fourth-order valence-electron chi connectivity index (χ4n) is 5.35. The van der Waals surface area contributed by atoms with E-state index in [0.717, 1.165) is 31.2 Å². The van der Waals surface area contributed by atoms with Gasteiger partial charge in [-0.3, -0.25) is 14.0 Å². The first-order valence-electron chi connectivity index (χ1n) is 13.6. The highest BCUT2D eigenvalue weighted by Gasteiger charge is 2.37. The van der Waals surface area contributed by atoms with Crippen molar-refractivity contribution in [2.45, 2.75) is 77.4 Å². The van der Waals surface area contributed by atoms with Crippen LogP contribution in [0.15, 0.2) is 45.9 Å². The molecule has 9 nitrogen and oxygen atoms in total. The second kappa shape index (κ2) is 11.2. The van der Waals surface area contributed by atoms with Crippen molar-refractivity contribution < 1.29 is 23.8 Å². The molecule has 1 fully saturated rings. The van der Waals surface area contributed by atoms with E-state index in [9.17, 15) is 14.7 Å². The van der Waals surface area contributed by atoms with Gasteiger partial charge in [0.2, 0.25) is 5.89 Å². The van der Waals surface area contributed by atoms with Gasteiger partial charge in [0.05, 0.1) is 31.2 Å². The minimum absolute atomic E-state index is 0.0300. The van der Waals surface area contributed by atoms with Crippen molar-refractivity contribution in [3.63, 3.8) is 0 Å². The molecule has 0 aliphatic heterocycles. The summed E-state index contributed by atoms with van der Waals surface area (Å²) in [6, 6.07) is 7.76. The van der Waals surface area contributed by atoms with Gasteiger partial charge in [-0.05, 0) is 58.4 Å². The van der Waals surface area contributed by atoms with Crippen LogP contribution in [-0.2, 0) is 21.4 Å². The van der Waals surface area contributed by atoms with Gasteiger partial charge in [0, 0.05) is 17.7 Å². The molecule has 0 unspecified atom stereocenters. The number of fused-ring (bicyclic) bond motifs is 1. The molecule has 1 aliphatic rings. The standard InChI is InChI=1S/C30H35N3O6S/c1-17-10-12-19(13-11-17)39-23(20-8-6-7-9-22(20)37-5)16-21-28-33(18(2)24(40-28)26-31-14-15-38-26)27(34)25(32-21)30(3,4)29(35)36/h6-9,14-15,17,19,23H,10-13,16H2,1-5H3,(H,35,36)/t17?,19?,23-/m0/s1. The zero-order valence-corrected chi connectivity index (χ0v) is 24.3. The molecule has 1 aromatic carbocycles. The Kier molecular flexibility index (Phi) is 7.83.